The first-order valence-electron chi connectivity index (χ1n) is 2.94. The highest BCUT2D eigenvalue weighted by atomic mass is 16.1. The van der Waals surface area contributed by atoms with Crippen molar-refractivity contribution < 1.29 is 0 Å². The molecule has 2 nitrogen and oxygen atoms in total. The third-order valence-corrected chi connectivity index (χ3v) is 1.19. The maximum Gasteiger partial charge on any atom is 0.187 e. The molecule has 0 fully saturated rings. The molecule has 50 valence electrons. The molecule has 0 heterocycles. The molecule has 0 spiro atoms. The van der Waals surface area contributed by atoms with Crippen LogP contribution in [0.15, 0.2) is 35.1 Å². The molecule has 0 aliphatic heterocycles. The summed E-state index contributed by atoms with van der Waals surface area (Å²) in [5.74, 6) is 0. The monoisotopic (exact) mass is 133 g/mol. The summed E-state index contributed by atoms with van der Waals surface area (Å²) >= 11 is 0. The summed E-state index contributed by atoms with van der Waals surface area (Å²) in [6.07, 6.45) is 1.06. The largest absolute Gasteiger partial charge is 0.308 e. The molecule has 2 heteroatoms. The fourth-order valence-corrected chi connectivity index (χ4v) is 0.664. The number of hydrogen-bond acceptors (Lipinski definition) is 2. The highest BCUT2D eigenvalue weighted by Crippen LogP contribution is 1.83. The van der Waals surface area contributed by atoms with Gasteiger partial charge in [0.2, 0.25) is 0 Å². The summed E-state index contributed by atoms with van der Waals surface area (Å²) < 4.78 is 0. The van der Waals surface area contributed by atoms with E-state index in [-0.39, 0.29) is 5.43 Å². The number of hydrogen-bond donors (Lipinski definition) is 1. The summed E-state index contributed by atoms with van der Waals surface area (Å²) in [6, 6.07) is 8.22. The molecule has 0 amide bonds. The Labute approximate surface area is 58.7 Å². The van der Waals surface area contributed by atoms with Crippen LogP contribution in [0.2, 0.25) is 0 Å². The first kappa shape index (κ1) is 6.68. The molecule has 0 bridgehead atoms. The quantitative estimate of drug-likeness (QED) is 0.571. The Bertz CT molecular complexity index is 293. The Hall–Kier alpha value is -1.44. The average molecular weight is 133 g/mol. The second-order valence-corrected chi connectivity index (χ2v) is 1.87. The van der Waals surface area contributed by atoms with Crippen molar-refractivity contribution in [1.29, 1.82) is 5.41 Å². The highest BCUT2D eigenvalue weighted by Gasteiger charge is 1.87. The van der Waals surface area contributed by atoms with Gasteiger partial charge in [-0.25, -0.2) is 0 Å². The predicted octanol–water partition coefficient (Wildman–Crippen LogP) is 1.04. The molecule has 0 aliphatic rings. The van der Waals surface area contributed by atoms with Crippen LogP contribution in [0.1, 0.15) is 5.56 Å². The highest BCUT2D eigenvalue weighted by molar-refractivity contribution is 5.76. The van der Waals surface area contributed by atoms with E-state index in [2.05, 4.69) is 0 Å². The summed E-state index contributed by atoms with van der Waals surface area (Å²) in [7, 11) is 0. The topological polar surface area (TPSA) is 40.9 Å². The van der Waals surface area contributed by atoms with Gasteiger partial charge in [-0.15, -0.1) is 0 Å². The van der Waals surface area contributed by atoms with E-state index >= 15 is 0 Å². The molecule has 0 saturated heterocycles. The third kappa shape index (κ3) is 1.29. The molecule has 1 rings (SSSR count). The molecule has 0 aromatic heterocycles. The van der Waals surface area contributed by atoms with E-state index in [4.69, 9.17) is 5.41 Å². The molecule has 0 aliphatic carbocycles. The van der Waals surface area contributed by atoms with E-state index in [0.29, 0.717) is 5.56 Å². The van der Waals surface area contributed by atoms with Gasteiger partial charge in [0.15, 0.2) is 5.43 Å². The van der Waals surface area contributed by atoms with E-state index in [1.54, 1.807) is 24.3 Å². The molecule has 1 N–H and O–H groups in total. The van der Waals surface area contributed by atoms with Crippen LogP contribution in [0.5, 0.6) is 0 Å². The van der Waals surface area contributed by atoms with Crippen molar-refractivity contribution in [3.05, 3.63) is 46.1 Å². The predicted molar refractivity (Wildman–Crippen MR) is 40.6 cm³/mol. The first-order valence-corrected chi connectivity index (χ1v) is 2.94. The fraction of sp³-hybridized carbons (Fsp3) is 0. The molecule has 10 heavy (non-hydrogen) atoms. The molecule has 1 aromatic rings. The number of rotatable bonds is 1. The van der Waals surface area contributed by atoms with Gasteiger partial charge in [-0.05, 0) is 12.1 Å². The Morgan fingerprint density at radius 2 is 1.90 bits per heavy atom. The lowest BCUT2D eigenvalue weighted by molar-refractivity contribution is 1.52. The molecular weight excluding hydrogens is 126 g/mol. The Morgan fingerprint density at radius 3 is 2.60 bits per heavy atom. The van der Waals surface area contributed by atoms with Crippen molar-refractivity contribution in [2.75, 3.05) is 0 Å². The molecule has 0 unspecified atom stereocenters. The van der Waals surface area contributed by atoms with Crippen molar-refractivity contribution in [2.24, 2.45) is 0 Å². The smallest absolute Gasteiger partial charge is 0.187 e. The van der Waals surface area contributed by atoms with E-state index in [0.717, 1.165) is 6.21 Å². The van der Waals surface area contributed by atoms with Crippen LogP contribution in [0.4, 0.5) is 0 Å². The third-order valence-electron chi connectivity index (χ3n) is 1.19. The van der Waals surface area contributed by atoms with Crippen LogP contribution < -0.4 is 5.43 Å². The van der Waals surface area contributed by atoms with Gasteiger partial charge in [-0.1, -0.05) is 18.2 Å². The summed E-state index contributed by atoms with van der Waals surface area (Å²) in [5, 5.41) is 6.84. The first-order chi connectivity index (χ1) is 4.84. The molecule has 0 saturated carbocycles. The minimum Gasteiger partial charge on any atom is -0.308 e. The van der Waals surface area contributed by atoms with E-state index in [1.165, 1.54) is 6.07 Å². The zero-order valence-electron chi connectivity index (χ0n) is 5.37. The Morgan fingerprint density at radius 1 is 1.20 bits per heavy atom. The van der Waals surface area contributed by atoms with E-state index < -0.39 is 0 Å². The maximum absolute atomic E-state index is 10.9. The Balaban J connectivity index is 3.42. The summed E-state index contributed by atoms with van der Waals surface area (Å²) in [5.41, 5.74) is 0.310. The van der Waals surface area contributed by atoms with Crippen molar-refractivity contribution in [2.45, 2.75) is 0 Å². The van der Waals surface area contributed by atoms with Crippen molar-refractivity contribution in [3.63, 3.8) is 0 Å². The minimum atomic E-state index is -0.111. The minimum absolute atomic E-state index is 0.111. The average Bonchev–Trinajstić information content (AvgIpc) is 2.13. The fourth-order valence-electron chi connectivity index (χ4n) is 0.664. The van der Waals surface area contributed by atoms with Crippen LogP contribution in [0.3, 0.4) is 0 Å². The summed E-state index contributed by atoms with van der Waals surface area (Å²) in [4.78, 5) is 10.9. The van der Waals surface area contributed by atoms with E-state index in [9.17, 15) is 4.79 Å². The van der Waals surface area contributed by atoms with Gasteiger partial charge in [-0.2, -0.15) is 0 Å². The van der Waals surface area contributed by atoms with Gasteiger partial charge in [0, 0.05) is 11.8 Å². The van der Waals surface area contributed by atoms with E-state index in [1.807, 2.05) is 0 Å². The van der Waals surface area contributed by atoms with Crippen LogP contribution >= 0.6 is 0 Å². The standard InChI is InChI=1S/C8H7NO/c9-6-7-4-2-1-3-5-8(7)10/h1-6,9H. The Kier molecular flexibility index (Phi) is 1.95. The van der Waals surface area contributed by atoms with Gasteiger partial charge in [0.1, 0.15) is 0 Å². The van der Waals surface area contributed by atoms with Gasteiger partial charge < -0.3 is 5.41 Å². The zero-order chi connectivity index (χ0) is 7.40. The number of nitrogens with one attached hydrogen (secondary N) is 1. The van der Waals surface area contributed by atoms with Gasteiger partial charge in [-0.3, -0.25) is 4.79 Å². The zero-order valence-corrected chi connectivity index (χ0v) is 5.37. The molecule has 0 radical (unpaired) electrons. The second kappa shape index (κ2) is 2.92. The normalized spacial score (nSPS) is 8.80. The molecular formula is C8H7NO. The van der Waals surface area contributed by atoms with Gasteiger partial charge >= 0.3 is 0 Å². The lowest BCUT2D eigenvalue weighted by Crippen LogP contribution is -2.01. The van der Waals surface area contributed by atoms with Crippen molar-refractivity contribution in [3.8, 4) is 0 Å². The lowest BCUT2D eigenvalue weighted by atomic mass is 10.3. The molecule has 0 atom stereocenters. The van der Waals surface area contributed by atoms with Crippen LogP contribution in [0.25, 0.3) is 0 Å². The van der Waals surface area contributed by atoms with Crippen LogP contribution in [-0.4, -0.2) is 6.21 Å². The van der Waals surface area contributed by atoms with Crippen molar-refractivity contribution >= 4 is 6.21 Å². The van der Waals surface area contributed by atoms with Crippen LogP contribution in [-0.2, 0) is 0 Å². The maximum atomic E-state index is 10.9. The SMILES string of the molecule is N=Cc1cccccc1=O. The van der Waals surface area contributed by atoms with Gasteiger partial charge in [0.25, 0.3) is 0 Å². The van der Waals surface area contributed by atoms with Gasteiger partial charge in [0.05, 0.1) is 0 Å². The summed E-state index contributed by atoms with van der Waals surface area (Å²) in [6.45, 7) is 0. The lowest BCUT2D eigenvalue weighted by Gasteiger charge is -1.76. The van der Waals surface area contributed by atoms with Crippen molar-refractivity contribution in [1.82, 2.24) is 0 Å². The second-order valence-electron chi connectivity index (χ2n) is 1.87. The van der Waals surface area contributed by atoms with Crippen LogP contribution in [0, 0.1) is 5.41 Å². The molecule has 1 aromatic carbocycles.